The number of hydrogen-bond acceptors (Lipinski definition) is 4. The minimum absolute atomic E-state index is 0.126. The number of nitrogens with zero attached hydrogens (tertiary/aromatic N) is 2. The minimum Gasteiger partial charge on any atom is -0.352 e. The van der Waals surface area contributed by atoms with Gasteiger partial charge in [0.1, 0.15) is 0 Å². The SMILES string of the molecule is CSc1ccc(CNC(=O)CC2c3ncccc3C(=O)N2c2ccc(Cl)cc2)cc1. The molecule has 4 rings (SSSR count). The molecule has 1 N–H and O–H groups in total. The largest absolute Gasteiger partial charge is 0.352 e. The number of nitrogens with one attached hydrogen (secondary N) is 1. The third-order valence-corrected chi connectivity index (χ3v) is 6.04. The fourth-order valence-electron chi connectivity index (χ4n) is 3.54. The van der Waals surface area contributed by atoms with Gasteiger partial charge < -0.3 is 5.32 Å². The second-order valence-corrected chi connectivity index (χ2v) is 8.25. The average Bonchev–Trinajstić information content (AvgIpc) is 3.05. The normalized spacial score (nSPS) is 15.2. The van der Waals surface area contributed by atoms with E-state index in [-0.39, 0.29) is 18.2 Å². The lowest BCUT2D eigenvalue weighted by Crippen LogP contribution is -2.32. The number of pyridine rings is 1. The lowest BCUT2D eigenvalue weighted by atomic mass is 10.1. The number of carbonyl (C=O) groups is 2. The summed E-state index contributed by atoms with van der Waals surface area (Å²) in [4.78, 5) is 33.0. The van der Waals surface area contributed by atoms with E-state index in [0.717, 1.165) is 5.56 Å². The summed E-state index contributed by atoms with van der Waals surface area (Å²) in [6, 6.07) is 18.1. The number of benzene rings is 2. The lowest BCUT2D eigenvalue weighted by molar-refractivity contribution is -0.121. The Morgan fingerprint density at radius 3 is 2.57 bits per heavy atom. The van der Waals surface area contributed by atoms with Crippen LogP contribution in [0.3, 0.4) is 0 Å². The molecule has 1 aromatic heterocycles. The number of halogens is 1. The van der Waals surface area contributed by atoms with E-state index >= 15 is 0 Å². The van der Waals surface area contributed by atoms with Crippen molar-refractivity contribution < 1.29 is 9.59 Å². The van der Waals surface area contributed by atoms with Gasteiger partial charge in [0, 0.05) is 28.3 Å². The molecule has 1 aliphatic heterocycles. The van der Waals surface area contributed by atoms with Crippen LogP contribution in [0.4, 0.5) is 5.69 Å². The maximum Gasteiger partial charge on any atom is 0.260 e. The van der Waals surface area contributed by atoms with Crippen molar-refractivity contribution >= 4 is 40.9 Å². The van der Waals surface area contributed by atoms with Crippen molar-refractivity contribution in [3.63, 3.8) is 0 Å². The van der Waals surface area contributed by atoms with Gasteiger partial charge in [-0.1, -0.05) is 23.7 Å². The van der Waals surface area contributed by atoms with Crippen LogP contribution in [0.2, 0.25) is 5.02 Å². The van der Waals surface area contributed by atoms with Crippen molar-refractivity contribution in [2.75, 3.05) is 11.2 Å². The van der Waals surface area contributed by atoms with E-state index in [4.69, 9.17) is 11.6 Å². The summed E-state index contributed by atoms with van der Waals surface area (Å²) in [5.74, 6) is -0.301. The molecule has 7 heteroatoms. The molecule has 1 atom stereocenters. The first kappa shape index (κ1) is 20.4. The highest BCUT2D eigenvalue weighted by atomic mass is 35.5. The Labute approximate surface area is 184 Å². The van der Waals surface area contributed by atoms with Gasteiger partial charge in [-0.2, -0.15) is 0 Å². The summed E-state index contributed by atoms with van der Waals surface area (Å²) in [5, 5.41) is 3.54. The van der Waals surface area contributed by atoms with Crippen LogP contribution < -0.4 is 10.2 Å². The van der Waals surface area contributed by atoms with Crippen LogP contribution in [-0.4, -0.2) is 23.1 Å². The maximum atomic E-state index is 13.0. The van der Waals surface area contributed by atoms with Crippen molar-refractivity contribution in [3.8, 4) is 0 Å². The summed E-state index contributed by atoms with van der Waals surface area (Å²) >= 11 is 7.68. The van der Waals surface area contributed by atoms with E-state index in [1.54, 1.807) is 59.3 Å². The molecule has 0 aliphatic carbocycles. The third-order valence-electron chi connectivity index (χ3n) is 5.05. The summed E-state index contributed by atoms with van der Waals surface area (Å²) < 4.78 is 0. The van der Waals surface area contributed by atoms with Crippen molar-refractivity contribution in [3.05, 3.63) is 88.7 Å². The van der Waals surface area contributed by atoms with E-state index in [9.17, 15) is 9.59 Å². The zero-order valence-electron chi connectivity index (χ0n) is 16.3. The smallest absolute Gasteiger partial charge is 0.260 e. The molecule has 0 spiro atoms. The number of anilines is 1. The molecule has 30 heavy (non-hydrogen) atoms. The molecule has 5 nitrogen and oxygen atoms in total. The predicted molar refractivity (Wildman–Crippen MR) is 120 cm³/mol. The van der Waals surface area contributed by atoms with Crippen LogP contribution in [0, 0.1) is 0 Å². The van der Waals surface area contributed by atoms with Crippen molar-refractivity contribution in [2.45, 2.75) is 23.9 Å². The zero-order valence-corrected chi connectivity index (χ0v) is 17.9. The molecule has 2 amide bonds. The number of hydrogen-bond donors (Lipinski definition) is 1. The van der Waals surface area contributed by atoms with Crippen LogP contribution >= 0.6 is 23.4 Å². The Kier molecular flexibility index (Phi) is 6.06. The number of fused-ring (bicyclic) bond motifs is 1. The molecule has 0 bridgehead atoms. The van der Waals surface area contributed by atoms with Crippen LogP contribution in [-0.2, 0) is 11.3 Å². The van der Waals surface area contributed by atoms with Gasteiger partial charge in [-0.3, -0.25) is 19.5 Å². The average molecular weight is 438 g/mol. The first-order valence-electron chi connectivity index (χ1n) is 9.50. The molecular formula is C23H20ClN3O2S. The molecule has 0 saturated carbocycles. The second kappa shape index (κ2) is 8.90. The molecule has 0 saturated heterocycles. The fourth-order valence-corrected chi connectivity index (χ4v) is 4.07. The van der Waals surface area contributed by atoms with Gasteiger partial charge in [-0.25, -0.2) is 0 Å². The third kappa shape index (κ3) is 4.20. The quantitative estimate of drug-likeness (QED) is 0.559. The zero-order chi connectivity index (χ0) is 21.1. The maximum absolute atomic E-state index is 13.0. The number of carbonyl (C=O) groups excluding carboxylic acids is 2. The Bertz CT molecular complexity index is 1070. The molecule has 3 aromatic rings. The molecular weight excluding hydrogens is 418 g/mol. The Morgan fingerprint density at radius 1 is 1.13 bits per heavy atom. The van der Waals surface area contributed by atoms with E-state index < -0.39 is 6.04 Å². The highest BCUT2D eigenvalue weighted by Crippen LogP contribution is 2.38. The van der Waals surface area contributed by atoms with Crippen molar-refractivity contribution in [2.24, 2.45) is 0 Å². The van der Waals surface area contributed by atoms with Crippen LogP contribution in [0.25, 0.3) is 0 Å². The predicted octanol–water partition coefficient (Wildman–Crippen LogP) is 4.86. The topological polar surface area (TPSA) is 62.3 Å². The van der Waals surface area contributed by atoms with E-state index in [1.165, 1.54) is 4.90 Å². The van der Waals surface area contributed by atoms with Crippen LogP contribution in [0.5, 0.6) is 0 Å². The second-order valence-electron chi connectivity index (χ2n) is 6.93. The van der Waals surface area contributed by atoms with Crippen LogP contribution in [0.15, 0.2) is 71.8 Å². The van der Waals surface area contributed by atoms with Gasteiger partial charge in [0.2, 0.25) is 5.91 Å². The van der Waals surface area contributed by atoms with E-state index in [2.05, 4.69) is 10.3 Å². The number of thioether (sulfide) groups is 1. The van der Waals surface area contributed by atoms with Gasteiger partial charge in [0.25, 0.3) is 5.91 Å². The Hall–Kier alpha value is -2.83. The Morgan fingerprint density at radius 2 is 1.87 bits per heavy atom. The van der Waals surface area contributed by atoms with Gasteiger partial charge in [0.15, 0.2) is 0 Å². The van der Waals surface area contributed by atoms with Gasteiger partial charge in [-0.15, -0.1) is 11.8 Å². The summed E-state index contributed by atoms with van der Waals surface area (Å²) in [6.45, 7) is 0.435. The van der Waals surface area contributed by atoms with Crippen LogP contribution in [0.1, 0.15) is 34.1 Å². The first-order valence-corrected chi connectivity index (χ1v) is 11.1. The highest BCUT2D eigenvalue weighted by Gasteiger charge is 2.39. The summed E-state index contributed by atoms with van der Waals surface area (Å²) in [7, 11) is 0. The molecule has 0 radical (unpaired) electrons. The first-order chi connectivity index (χ1) is 14.6. The van der Waals surface area contributed by atoms with Crippen molar-refractivity contribution in [1.29, 1.82) is 0 Å². The standard InChI is InChI=1S/C23H20ClN3O2S/c1-30-18-10-4-15(5-11-18)14-26-21(28)13-20-22-19(3-2-12-25-22)23(29)27(20)17-8-6-16(24)7-9-17/h2-12,20H,13-14H2,1H3,(H,26,28). The Balaban J connectivity index is 1.52. The lowest BCUT2D eigenvalue weighted by Gasteiger charge is -2.24. The minimum atomic E-state index is -0.464. The summed E-state index contributed by atoms with van der Waals surface area (Å²) in [6.07, 6.45) is 3.80. The fraction of sp³-hybridized carbons (Fsp3) is 0.174. The molecule has 0 fully saturated rings. The molecule has 152 valence electrons. The van der Waals surface area contributed by atoms with Crippen molar-refractivity contribution in [1.82, 2.24) is 10.3 Å². The molecule has 1 unspecified atom stereocenters. The van der Waals surface area contributed by atoms with E-state index in [0.29, 0.717) is 28.5 Å². The molecule has 2 heterocycles. The number of rotatable bonds is 6. The van der Waals surface area contributed by atoms with E-state index in [1.807, 2.05) is 30.5 Å². The van der Waals surface area contributed by atoms with Gasteiger partial charge in [0.05, 0.1) is 23.7 Å². The highest BCUT2D eigenvalue weighted by molar-refractivity contribution is 7.98. The summed E-state index contributed by atoms with van der Waals surface area (Å²) in [5.41, 5.74) is 2.86. The number of aromatic nitrogens is 1. The molecule has 1 aliphatic rings. The van der Waals surface area contributed by atoms with Gasteiger partial charge in [-0.05, 0) is 60.4 Å². The number of amides is 2. The molecule has 2 aromatic carbocycles. The monoisotopic (exact) mass is 437 g/mol. The van der Waals surface area contributed by atoms with Gasteiger partial charge >= 0.3 is 0 Å².